The second-order valence-corrected chi connectivity index (χ2v) is 11.6. The molecule has 1 fully saturated rings. The van der Waals surface area contributed by atoms with E-state index in [1.165, 1.54) is 59.5 Å². The number of allylic oxidation sites excluding steroid dienone is 4. The molecule has 0 bridgehead atoms. The molecule has 42 heavy (non-hydrogen) atoms. The Labute approximate surface area is 250 Å². The molecule has 6 heteroatoms. The zero-order valence-corrected chi connectivity index (χ0v) is 25.2. The molecule has 0 radical (unpaired) electrons. The number of likely N-dealkylation sites (tertiary alicyclic amines) is 1. The molecule has 3 aliphatic rings. The van der Waals surface area contributed by atoms with Crippen LogP contribution in [0.4, 0.5) is 5.69 Å². The average Bonchev–Trinajstić information content (AvgIpc) is 3.37. The number of fused-ring (bicyclic) bond motifs is 1. The quantitative estimate of drug-likeness (QED) is 0.337. The lowest BCUT2D eigenvalue weighted by Crippen LogP contribution is -2.33. The van der Waals surface area contributed by atoms with E-state index in [1.54, 1.807) is 18.3 Å². The van der Waals surface area contributed by atoms with Crippen molar-refractivity contribution < 1.29 is 0 Å². The Morgan fingerprint density at radius 1 is 1.12 bits per heavy atom. The van der Waals surface area contributed by atoms with Gasteiger partial charge in [0, 0.05) is 36.8 Å². The Bertz CT molecular complexity index is 1520. The van der Waals surface area contributed by atoms with Gasteiger partial charge in [-0.1, -0.05) is 36.4 Å². The first kappa shape index (κ1) is 29.3. The summed E-state index contributed by atoms with van der Waals surface area (Å²) in [6.45, 7) is 11.2. The molecule has 1 aromatic heterocycles. The molecule has 0 amide bonds. The summed E-state index contributed by atoms with van der Waals surface area (Å²) in [6, 6.07) is 16.4. The highest BCUT2D eigenvalue weighted by Gasteiger charge is 2.34. The number of hydrogen-bond donors (Lipinski definition) is 1. The largest absolute Gasteiger partial charge is 0.362 e. The second kappa shape index (κ2) is 13.6. The molecule has 216 valence electrons. The Kier molecular flexibility index (Phi) is 9.51. The van der Waals surface area contributed by atoms with Crippen LogP contribution < -0.4 is 5.32 Å². The van der Waals surface area contributed by atoms with Gasteiger partial charge in [-0.2, -0.15) is 5.26 Å². The van der Waals surface area contributed by atoms with E-state index < -0.39 is 0 Å². The van der Waals surface area contributed by atoms with Crippen molar-refractivity contribution >= 4 is 17.5 Å². The number of imidazole rings is 1. The molecule has 3 heterocycles. The van der Waals surface area contributed by atoms with Crippen LogP contribution in [0.3, 0.4) is 0 Å². The van der Waals surface area contributed by atoms with E-state index in [-0.39, 0.29) is 0 Å². The monoisotopic (exact) mass is 558 g/mol. The van der Waals surface area contributed by atoms with Crippen molar-refractivity contribution in [1.29, 1.82) is 5.26 Å². The summed E-state index contributed by atoms with van der Waals surface area (Å²) in [7, 11) is 2.25. The van der Waals surface area contributed by atoms with Crippen LogP contribution >= 0.6 is 0 Å². The van der Waals surface area contributed by atoms with Gasteiger partial charge in [0.2, 0.25) is 0 Å². The van der Waals surface area contributed by atoms with Gasteiger partial charge < -0.3 is 14.8 Å². The van der Waals surface area contributed by atoms with E-state index in [4.69, 9.17) is 10.3 Å². The topological polar surface area (TPSA) is 69.2 Å². The third kappa shape index (κ3) is 6.80. The highest BCUT2D eigenvalue weighted by atomic mass is 15.1. The Morgan fingerprint density at radius 3 is 2.60 bits per heavy atom. The van der Waals surface area contributed by atoms with Crippen molar-refractivity contribution in [3.8, 4) is 6.07 Å². The third-order valence-electron chi connectivity index (χ3n) is 8.70. The van der Waals surface area contributed by atoms with Gasteiger partial charge in [0.05, 0.1) is 17.3 Å². The molecule has 0 spiro atoms. The maximum absolute atomic E-state index is 8.47. The van der Waals surface area contributed by atoms with Crippen molar-refractivity contribution in [2.75, 3.05) is 25.5 Å². The van der Waals surface area contributed by atoms with Gasteiger partial charge in [-0.15, -0.1) is 0 Å². The first-order valence-corrected chi connectivity index (χ1v) is 15.1. The molecule has 2 aliphatic heterocycles. The Morgan fingerprint density at radius 2 is 1.90 bits per heavy atom. The summed E-state index contributed by atoms with van der Waals surface area (Å²) in [5.41, 5.74) is 10.2. The first-order valence-electron chi connectivity index (χ1n) is 15.1. The van der Waals surface area contributed by atoms with Crippen LogP contribution in [0.1, 0.15) is 66.1 Å². The molecule has 3 aromatic rings. The SMILES string of the molecule is C=CNc1ccc(C#N)cc1.Cc1ccc2c(c1)C(CCn1ccnc1C)=CC1=C(N=CCC1)C2C1CCN(C)CC1. The van der Waals surface area contributed by atoms with E-state index in [9.17, 15) is 0 Å². The molecule has 0 saturated carbocycles. The maximum atomic E-state index is 8.47. The predicted octanol–water partition coefficient (Wildman–Crippen LogP) is 7.65. The Balaban J connectivity index is 0.000000271. The van der Waals surface area contributed by atoms with Crippen molar-refractivity contribution in [2.24, 2.45) is 10.9 Å². The molecule has 6 nitrogen and oxygen atoms in total. The zero-order chi connectivity index (χ0) is 29.5. The number of piperidine rings is 1. The summed E-state index contributed by atoms with van der Waals surface area (Å²) >= 11 is 0. The van der Waals surface area contributed by atoms with Crippen LogP contribution in [0.5, 0.6) is 0 Å². The van der Waals surface area contributed by atoms with Gasteiger partial charge in [0.15, 0.2) is 0 Å². The van der Waals surface area contributed by atoms with Crippen LogP contribution in [0, 0.1) is 31.1 Å². The number of anilines is 1. The molecule has 6 rings (SSSR count). The minimum atomic E-state index is 0.416. The third-order valence-corrected chi connectivity index (χ3v) is 8.70. The number of aromatic nitrogens is 2. The molecule has 2 aromatic carbocycles. The normalized spacial score (nSPS) is 18.5. The van der Waals surface area contributed by atoms with E-state index in [0.717, 1.165) is 37.3 Å². The lowest BCUT2D eigenvalue weighted by atomic mass is 9.75. The van der Waals surface area contributed by atoms with E-state index in [1.807, 2.05) is 24.4 Å². The number of aliphatic imine (C=N–C) groups is 1. The fraction of sp³-hybridized carbons (Fsp3) is 0.361. The summed E-state index contributed by atoms with van der Waals surface area (Å²) in [4.78, 5) is 11.9. The molecule has 1 N–H and O–H groups in total. The number of nitrogens with zero attached hydrogens (tertiary/aromatic N) is 5. The van der Waals surface area contributed by atoms with Gasteiger partial charge in [0.25, 0.3) is 0 Å². The van der Waals surface area contributed by atoms with Crippen LogP contribution in [-0.2, 0) is 6.54 Å². The van der Waals surface area contributed by atoms with E-state index >= 15 is 0 Å². The van der Waals surface area contributed by atoms with Gasteiger partial charge in [-0.25, -0.2) is 4.98 Å². The lowest BCUT2D eigenvalue weighted by molar-refractivity contribution is 0.205. The molecular weight excluding hydrogens is 516 g/mol. The summed E-state index contributed by atoms with van der Waals surface area (Å²) in [5, 5.41) is 11.4. The number of aryl methyl sites for hydroxylation is 3. The Hall–Kier alpha value is -4.21. The van der Waals surface area contributed by atoms with Crippen LogP contribution in [0.25, 0.3) is 5.57 Å². The predicted molar refractivity (Wildman–Crippen MR) is 173 cm³/mol. The van der Waals surface area contributed by atoms with Crippen LogP contribution in [0.2, 0.25) is 0 Å². The van der Waals surface area contributed by atoms with E-state index in [2.05, 4.69) is 83.9 Å². The molecular formula is C36H42N6. The lowest BCUT2D eigenvalue weighted by Gasteiger charge is -2.36. The number of benzene rings is 2. The zero-order valence-electron chi connectivity index (χ0n) is 25.2. The average molecular weight is 559 g/mol. The van der Waals surface area contributed by atoms with E-state index in [0.29, 0.717) is 17.4 Å². The minimum absolute atomic E-state index is 0.416. The van der Waals surface area contributed by atoms with Gasteiger partial charge in [0.1, 0.15) is 5.82 Å². The number of nitrogens with one attached hydrogen (secondary N) is 1. The summed E-state index contributed by atoms with van der Waals surface area (Å²) < 4.78 is 2.27. The highest BCUT2D eigenvalue weighted by molar-refractivity contribution is 5.76. The van der Waals surface area contributed by atoms with Gasteiger partial charge in [-0.05, 0) is 125 Å². The van der Waals surface area contributed by atoms with Crippen molar-refractivity contribution in [1.82, 2.24) is 14.5 Å². The van der Waals surface area contributed by atoms with Gasteiger partial charge >= 0.3 is 0 Å². The highest BCUT2D eigenvalue weighted by Crippen LogP contribution is 2.47. The molecule has 1 saturated heterocycles. The maximum Gasteiger partial charge on any atom is 0.105 e. The van der Waals surface area contributed by atoms with Crippen LogP contribution in [0.15, 0.2) is 90.0 Å². The van der Waals surface area contributed by atoms with Gasteiger partial charge in [-0.3, -0.25) is 4.99 Å². The second-order valence-electron chi connectivity index (χ2n) is 11.6. The summed E-state index contributed by atoms with van der Waals surface area (Å²) in [5.74, 6) is 2.17. The smallest absolute Gasteiger partial charge is 0.105 e. The van der Waals surface area contributed by atoms with Crippen molar-refractivity contribution in [3.05, 3.63) is 113 Å². The van der Waals surface area contributed by atoms with Crippen molar-refractivity contribution in [3.63, 3.8) is 0 Å². The fourth-order valence-electron chi connectivity index (χ4n) is 6.36. The summed E-state index contributed by atoms with van der Waals surface area (Å²) in [6.07, 6.45) is 15.9. The number of nitriles is 1. The number of rotatable bonds is 6. The standard InChI is InChI=1S/C27H34N4.C9H8N2/c1-19-6-7-24-25(17-19)22(10-15-31-16-12-28-20(31)2)18-23-5-4-11-29-27(23)26(24)21-8-13-30(3)14-9-21;1-2-11-9-5-3-8(7-10)4-6-9/h6-7,11-12,16-18,21,26H,4-5,8-10,13-15H2,1-3H3;2-6,11H,1H2. The van der Waals surface area contributed by atoms with Crippen molar-refractivity contribution in [2.45, 2.75) is 58.4 Å². The molecule has 1 aliphatic carbocycles. The van der Waals surface area contributed by atoms with Crippen LogP contribution in [-0.4, -0.2) is 40.8 Å². The number of hydrogen-bond acceptors (Lipinski definition) is 5. The fourth-order valence-corrected chi connectivity index (χ4v) is 6.36. The first-order chi connectivity index (χ1) is 20.5. The molecule has 1 atom stereocenters. The molecule has 1 unspecified atom stereocenters. The minimum Gasteiger partial charge on any atom is -0.362 e.